The van der Waals surface area contributed by atoms with Gasteiger partial charge in [-0.3, -0.25) is 0 Å². The van der Waals surface area contributed by atoms with Gasteiger partial charge in [0, 0.05) is 10.9 Å². The lowest BCUT2D eigenvalue weighted by molar-refractivity contribution is 0.414. The van der Waals surface area contributed by atoms with Crippen molar-refractivity contribution in [2.75, 3.05) is 7.11 Å². The maximum absolute atomic E-state index is 5.28. The first kappa shape index (κ1) is 14.6. The fraction of sp³-hybridized carbons (Fsp3) is 0.238. The van der Waals surface area contributed by atoms with Gasteiger partial charge in [-0.2, -0.15) is 0 Å². The van der Waals surface area contributed by atoms with E-state index in [1.54, 1.807) is 7.11 Å². The molecule has 1 unspecified atom stereocenters. The summed E-state index contributed by atoms with van der Waals surface area (Å²) in [7, 11) is 1.70. The molecule has 4 nitrogen and oxygen atoms in total. The van der Waals surface area contributed by atoms with Gasteiger partial charge in [-0.25, -0.2) is 5.43 Å². The molecular formula is C21H21N3O. The Hall–Kier alpha value is -2.72. The molecule has 126 valence electrons. The van der Waals surface area contributed by atoms with Crippen molar-refractivity contribution in [3.8, 4) is 5.75 Å². The number of aromatic nitrogens is 1. The average molecular weight is 331 g/mol. The van der Waals surface area contributed by atoms with Crippen molar-refractivity contribution in [1.29, 1.82) is 0 Å². The summed E-state index contributed by atoms with van der Waals surface area (Å²) in [5.74, 6) is 0.890. The van der Waals surface area contributed by atoms with Crippen LogP contribution in [0.5, 0.6) is 5.75 Å². The fourth-order valence-corrected chi connectivity index (χ4v) is 4.12. The molecule has 2 aliphatic rings. The van der Waals surface area contributed by atoms with Crippen LogP contribution in [0.4, 0.5) is 0 Å². The number of methoxy groups -OCH3 is 1. The fourth-order valence-electron chi connectivity index (χ4n) is 4.12. The molecule has 1 aliphatic carbocycles. The Morgan fingerprint density at radius 2 is 1.88 bits per heavy atom. The van der Waals surface area contributed by atoms with Gasteiger partial charge in [-0.1, -0.05) is 23.8 Å². The van der Waals surface area contributed by atoms with E-state index in [-0.39, 0.29) is 6.04 Å². The summed E-state index contributed by atoms with van der Waals surface area (Å²) in [5, 5.41) is 1.36. The van der Waals surface area contributed by atoms with E-state index in [9.17, 15) is 0 Å². The molecule has 5 rings (SSSR count). The lowest BCUT2D eigenvalue weighted by Crippen LogP contribution is -2.26. The van der Waals surface area contributed by atoms with Crippen molar-refractivity contribution in [2.24, 2.45) is 0 Å². The van der Waals surface area contributed by atoms with Gasteiger partial charge < -0.3 is 15.1 Å². The molecule has 4 heteroatoms. The number of aryl methyl sites for hydroxylation is 2. The summed E-state index contributed by atoms with van der Waals surface area (Å²) < 4.78 is 5.28. The Labute approximate surface area is 146 Å². The van der Waals surface area contributed by atoms with Crippen LogP contribution in [0.2, 0.25) is 0 Å². The molecule has 25 heavy (non-hydrogen) atoms. The average Bonchev–Trinajstić information content (AvgIpc) is 3.22. The van der Waals surface area contributed by atoms with Crippen molar-refractivity contribution in [3.63, 3.8) is 0 Å². The lowest BCUT2D eigenvalue weighted by atomic mass is 9.87. The van der Waals surface area contributed by atoms with Crippen LogP contribution in [0.25, 0.3) is 16.6 Å². The Balaban J connectivity index is 1.59. The van der Waals surface area contributed by atoms with Gasteiger partial charge in [0.1, 0.15) is 5.75 Å². The molecule has 0 bridgehead atoms. The first-order chi connectivity index (χ1) is 12.2. The number of hydrogen-bond donors (Lipinski definition) is 3. The number of hydrazine groups is 1. The Morgan fingerprint density at radius 1 is 1.04 bits per heavy atom. The number of hydrogen-bond acceptors (Lipinski definition) is 3. The first-order valence-electron chi connectivity index (χ1n) is 8.74. The molecule has 0 spiro atoms. The maximum Gasteiger partial charge on any atom is 0.118 e. The van der Waals surface area contributed by atoms with Gasteiger partial charge in [0.25, 0.3) is 0 Å². The predicted octanol–water partition coefficient (Wildman–Crippen LogP) is 3.99. The van der Waals surface area contributed by atoms with Crippen LogP contribution in [0.3, 0.4) is 0 Å². The van der Waals surface area contributed by atoms with E-state index in [1.165, 1.54) is 44.6 Å². The predicted molar refractivity (Wildman–Crippen MR) is 100 cm³/mol. The lowest BCUT2D eigenvalue weighted by Gasteiger charge is -2.18. The summed E-state index contributed by atoms with van der Waals surface area (Å²) in [6, 6.07) is 15.2. The van der Waals surface area contributed by atoms with E-state index in [0.717, 1.165) is 18.6 Å². The minimum Gasteiger partial charge on any atom is -0.497 e. The minimum atomic E-state index is 0.210. The topological polar surface area (TPSA) is 49.1 Å². The van der Waals surface area contributed by atoms with Crippen molar-refractivity contribution in [1.82, 2.24) is 15.8 Å². The summed E-state index contributed by atoms with van der Waals surface area (Å²) in [6.07, 6.45) is 2.15. The molecule has 2 aromatic carbocycles. The number of aromatic amines is 1. The van der Waals surface area contributed by atoms with E-state index in [2.05, 4.69) is 53.1 Å². The van der Waals surface area contributed by atoms with E-state index in [1.807, 2.05) is 12.1 Å². The molecule has 0 saturated carbocycles. The van der Waals surface area contributed by atoms with Gasteiger partial charge in [-0.15, -0.1) is 0 Å². The van der Waals surface area contributed by atoms with Gasteiger partial charge in [-0.05, 0) is 60.7 Å². The molecule has 2 heterocycles. The van der Waals surface area contributed by atoms with E-state index >= 15 is 0 Å². The highest BCUT2D eigenvalue weighted by atomic mass is 16.5. The number of fused-ring (bicyclic) bond motifs is 4. The van der Waals surface area contributed by atoms with E-state index in [0.29, 0.717) is 0 Å². The van der Waals surface area contributed by atoms with Crippen LogP contribution in [0.1, 0.15) is 34.8 Å². The normalized spacial score (nSPS) is 18.9. The highest BCUT2D eigenvalue weighted by Crippen LogP contribution is 2.42. The molecule has 0 saturated heterocycles. The molecule has 1 aromatic heterocycles. The quantitative estimate of drug-likeness (QED) is 0.665. The maximum atomic E-state index is 5.28. The number of rotatable bonds is 2. The molecule has 1 aliphatic heterocycles. The Bertz CT molecular complexity index is 998. The third kappa shape index (κ3) is 2.18. The smallest absolute Gasteiger partial charge is 0.118 e. The van der Waals surface area contributed by atoms with E-state index in [4.69, 9.17) is 4.74 Å². The number of H-pyrrole nitrogens is 1. The monoisotopic (exact) mass is 331 g/mol. The summed E-state index contributed by atoms with van der Waals surface area (Å²) in [5.41, 5.74) is 16.0. The highest BCUT2D eigenvalue weighted by molar-refractivity contribution is 5.91. The second kappa shape index (κ2) is 5.39. The zero-order chi connectivity index (χ0) is 17.0. The SMILES string of the molecule is COc1ccc(C2NNC3=C2CCc2c3[nH]c3ccc(C)cc23)cc1. The number of benzene rings is 2. The summed E-state index contributed by atoms with van der Waals surface area (Å²) >= 11 is 0. The standard InChI is InChI=1S/C21H21N3O/c1-12-3-10-18-17(11-12)15-8-9-16-19(23-24-21(16)20(15)22-18)13-4-6-14(25-2)7-5-13/h3-7,10-11,19,22-24H,8-9H2,1-2H3. The van der Waals surface area contributed by atoms with Crippen LogP contribution < -0.4 is 15.6 Å². The Morgan fingerprint density at radius 3 is 2.68 bits per heavy atom. The first-order valence-corrected chi connectivity index (χ1v) is 8.74. The van der Waals surface area contributed by atoms with Gasteiger partial charge in [0.05, 0.1) is 24.5 Å². The zero-order valence-corrected chi connectivity index (χ0v) is 14.4. The molecule has 1 atom stereocenters. The van der Waals surface area contributed by atoms with Gasteiger partial charge in [0.2, 0.25) is 0 Å². The van der Waals surface area contributed by atoms with Crippen LogP contribution >= 0.6 is 0 Å². The highest BCUT2D eigenvalue weighted by Gasteiger charge is 2.32. The van der Waals surface area contributed by atoms with Crippen molar-refractivity contribution in [3.05, 3.63) is 70.4 Å². The van der Waals surface area contributed by atoms with Crippen molar-refractivity contribution in [2.45, 2.75) is 25.8 Å². The van der Waals surface area contributed by atoms with Gasteiger partial charge >= 0.3 is 0 Å². The third-order valence-electron chi connectivity index (χ3n) is 5.42. The minimum absolute atomic E-state index is 0.210. The third-order valence-corrected chi connectivity index (χ3v) is 5.42. The molecule has 0 radical (unpaired) electrons. The molecule has 0 fully saturated rings. The van der Waals surface area contributed by atoms with Gasteiger partial charge in [0.15, 0.2) is 0 Å². The van der Waals surface area contributed by atoms with Crippen molar-refractivity contribution < 1.29 is 4.74 Å². The molecule has 3 N–H and O–H groups in total. The van der Waals surface area contributed by atoms with Crippen LogP contribution in [-0.4, -0.2) is 12.1 Å². The zero-order valence-electron chi connectivity index (χ0n) is 14.4. The summed E-state index contributed by atoms with van der Waals surface area (Å²) in [4.78, 5) is 3.62. The number of ether oxygens (including phenoxy) is 1. The van der Waals surface area contributed by atoms with E-state index < -0.39 is 0 Å². The number of nitrogens with one attached hydrogen (secondary N) is 3. The second-order valence-corrected chi connectivity index (χ2v) is 6.90. The second-order valence-electron chi connectivity index (χ2n) is 6.90. The van der Waals surface area contributed by atoms with Crippen molar-refractivity contribution >= 4 is 16.6 Å². The molecule has 3 aromatic rings. The largest absolute Gasteiger partial charge is 0.497 e. The molecule has 0 amide bonds. The van der Waals surface area contributed by atoms with Crippen LogP contribution in [0.15, 0.2) is 48.0 Å². The van der Waals surface area contributed by atoms with Crippen LogP contribution in [0, 0.1) is 6.92 Å². The Kier molecular flexibility index (Phi) is 3.15. The summed E-state index contributed by atoms with van der Waals surface area (Å²) in [6.45, 7) is 2.15. The van der Waals surface area contributed by atoms with Crippen LogP contribution in [-0.2, 0) is 6.42 Å². The molecular weight excluding hydrogens is 310 g/mol.